The Labute approximate surface area is 131 Å². The number of hydrogen-bond acceptors (Lipinski definition) is 5. The number of aryl methyl sites for hydroxylation is 1. The molecule has 6 heteroatoms. The molecule has 0 saturated carbocycles. The first-order chi connectivity index (χ1) is 10.6. The zero-order chi connectivity index (χ0) is 16.1. The minimum atomic E-state index is 0.677. The molecular formula is C16H23N3O3. The standard InChI is InChI=1S/C16H23N3O3/c1-11-8-17-16(18-11)10-19(2)9-13-14(21-4)6-12(20-3)7-15(13)22-5/h6-8H,9-10H2,1-5H3,(H,17,18). The van der Waals surface area contributed by atoms with Crippen LogP contribution in [0.15, 0.2) is 18.3 Å². The molecule has 0 spiro atoms. The highest BCUT2D eigenvalue weighted by Gasteiger charge is 2.15. The van der Waals surface area contributed by atoms with Crippen molar-refractivity contribution in [1.29, 1.82) is 0 Å². The lowest BCUT2D eigenvalue weighted by molar-refractivity contribution is 0.293. The lowest BCUT2D eigenvalue weighted by Crippen LogP contribution is -2.19. The molecule has 0 unspecified atom stereocenters. The van der Waals surface area contributed by atoms with Crippen molar-refractivity contribution < 1.29 is 14.2 Å². The van der Waals surface area contributed by atoms with E-state index in [0.717, 1.165) is 28.6 Å². The lowest BCUT2D eigenvalue weighted by Gasteiger charge is -2.20. The first-order valence-electron chi connectivity index (χ1n) is 7.05. The van der Waals surface area contributed by atoms with E-state index in [2.05, 4.69) is 14.9 Å². The zero-order valence-corrected chi connectivity index (χ0v) is 13.8. The molecule has 0 fully saturated rings. The Morgan fingerprint density at radius 2 is 1.68 bits per heavy atom. The molecule has 2 rings (SSSR count). The first-order valence-corrected chi connectivity index (χ1v) is 7.05. The topological polar surface area (TPSA) is 59.6 Å². The van der Waals surface area contributed by atoms with Crippen molar-refractivity contribution in [2.45, 2.75) is 20.0 Å². The minimum Gasteiger partial charge on any atom is -0.496 e. The van der Waals surface area contributed by atoms with Gasteiger partial charge in [-0.25, -0.2) is 4.98 Å². The van der Waals surface area contributed by atoms with Crippen LogP contribution in [0.3, 0.4) is 0 Å². The molecule has 1 aromatic heterocycles. The quantitative estimate of drug-likeness (QED) is 0.851. The third kappa shape index (κ3) is 3.71. The van der Waals surface area contributed by atoms with Gasteiger partial charge in [0.1, 0.15) is 23.1 Å². The molecule has 0 aliphatic heterocycles. The van der Waals surface area contributed by atoms with Crippen LogP contribution in [0.2, 0.25) is 0 Å². The maximum absolute atomic E-state index is 5.48. The van der Waals surface area contributed by atoms with Crippen LogP contribution in [0.25, 0.3) is 0 Å². The van der Waals surface area contributed by atoms with Gasteiger partial charge in [0.2, 0.25) is 0 Å². The monoisotopic (exact) mass is 305 g/mol. The van der Waals surface area contributed by atoms with Crippen molar-refractivity contribution in [3.8, 4) is 17.2 Å². The third-order valence-electron chi connectivity index (χ3n) is 3.42. The number of nitrogens with zero attached hydrogens (tertiary/aromatic N) is 2. The van der Waals surface area contributed by atoms with E-state index in [1.165, 1.54) is 0 Å². The fourth-order valence-electron chi connectivity index (χ4n) is 2.36. The van der Waals surface area contributed by atoms with Crippen LogP contribution in [0.5, 0.6) is 17.2 Å². The van der Waals surface area contributed by atoms with Crippen molar-refractivity contribution in [2.75, 3.05) is 28.4 Å². The number of rotatable bonds is 7. The number of imidazole rings is 1. The fraction of sp³-hybridized carbons (Fsp3) is 0.438. The minimum absolute atomic E-state index is 0.677. The van der Waals surface area contributed by atoms with Crippen molar-refractivity contribution in [1.82, 2.24) is 14.9 Å². The van der Waals surface area contributed by atoms with Gasteiger partial charge in [-0.15, -0.1) is 0 Å². The Morgan fingerprint density at radius 1 is 1.05 bits per heavy atom. The third-order valence-corrected chi connectivity index (χ3v) is 3.42. The van der Waals surface area contributed by atoms with E-state index in [4.69, 9.17) is 14.2 Å². The van der Waals surface area contributed by atoms with E-state index in [9.17, 15) is 0 Å². The van der Waals surface area contributed by atoms with E-state index in [1.54, 1.807) is 21.3 Å². The van der Waals surface area contributed by atoms with Gasteiger partial charge in [0, 0.05) is 30.6 Å². The van der Waals surface area contributed by atoms with Gasteiger partial charge in [-0.3, -0.25) is 4.90 Å². The van der Waals surface area contributed by atoms with E-state index in [0.29, 0.717) is 18.8 Å². The fourth-order valence-corrected chi connectivity index (χ4v) is 2.36. The summed E-state index contributed by atoms with van der Waals surface area (Å²) in [5.74, 6) is 3.14. The van der Waals surface area contributed by atoms with E-state index >= 15 is 0 Å². The Morgan fingerprint density at radius 3 is 2.14 bits per heavy atom. The highest BCUT2D eigenvalue weighted by atomic mass is 16.5. The van der Waals surface area contributed by atoms with Crippen LogP contribution in [-0.2, 0) is 13.1 Å². The molecule has 0 aliphatic carbocycles. The number of ether oxygens (including phenoxy) is 3. The summed E-state index contributed by atoms with van der Waals surface area (Å²) in [5, 5.41) is 0. The summed E-state index contributed by atoms with van der Waals surface area (Å²) >= 11 is 0. The number of H-pyrrole nitrogens is 1. The zero-order valence-electron chi connectivity index (χ0n) is 13.8. The molecule has 1 N–H and O–H groups in total. The molecule has 0 saturated heterocycles. The average molecular weight is 305 g/mol. The Balaban J connectivity index is 2.19. The van der Waals surface area contributed by atoms with Crippen LogP contribution in [0, 0.1) is 6.92 Å². The van der Waals surface area contributed by atoms with Gasteiger partial charge < -0.3 is 19.2 Å². The Kier molecular flexibility index (Phi) is 5.27. The predicted molar refractivity (Wildman–Crippen MR) is 84.6 cm³/mol. The summed E-state index contributed by atoms with van der Waals surface area (Å²) in [6.07, 6.45) is 1.83. The van der Waals surface area contributed by atoms with Crippen molar-refractivity contribution in [3.63, 3.8) is 0 Å². The molecule has 22 heavy (non-hydrogen) atoms. The lowest BCUT2D eigenvalue weighted by atomic mass is 10.1. The summed E-state index contributed by atoms with van der Waals surface area (Å²) in [6, 6.07) is 3.73. The first kappa shape index (κ1) is 16.2. The van der Waals surface area contributed by atoms with Crippen LogP contribution in [-0.4, -0.2) is 43.2 Å². The molecule has 0 atom stereocenters. The smallest absolute Gasteiger partial charge is 0.130 e. The molecule has 6 nitrogen and oxygen atoms in total. The summed E-state index contributed by atoms with van der Waals surface area (Å²) in [4.78, 5) is 9.71. The molecule has 0 amide bonds. The van der Waals surface area contributed by atoms with Crippen LogP contribution in [0.4, 0.5) is 0 Å². The number of nitrogens with one attached hydrogen (secondary N) is 1. The second-order valence-electron chi connectivity index (χ2n) is 5.20. The maximum atomic E-state index is 5.48. The highest BCUT2D eigenvalue weighted by Crippen LogP contribution is 2.34. The number of benzene rings is 1. The van der Waals surface area contributed by atoms with Crippen molar-refractivity contribution in [3.05, 3.63) is 35.4 Å². The van der Waals surface area contributed by atoms with Crippen molar-refractivity contribution in [2.24, 2.45) is 0 Å². The molecule has 0 radical (unpaired) electrons. The summed E-state index contributed by atoms with van der Waals surface area (Å²) < 4.78 is 16.2. The highest BCUT2D eigenvalue weighted by molar-refractivity contribution is 5.50. The molecule has 1 heterocycles. The SMILES string of the molecule is COc1cc(OC)c(CN(C)Cc2ncc(C)[nH]2)c(OC)c1. The Bertz CT molecular complexity index is 600. The average Bonchev–Trinajstić information content (AvgIpc) is 2.92. The van der Waals surface area contributed by atoms with Gasteiger partial charge in [-0.2, -0.15) is 0 Å². The second kappa shape index (κ2) is 7.17. The molecule has 0 aliphatic rings. The van der Waals surface area contributed by atoms with E-state index in [-0.39, 0.29) is 0 Å². The van der Waals surface area contributed by atoms with Gasteiger partial charge in [0.15, 0.2) is 0 Å². The number of aromatic nitrogens is 2. The molecule has 120 valence electrons. The van der Waals surface area contributed by atoms with Crippen LogP contribution < -0.4 is 14.2 Å². The van der Waals surface area contributed by atoms with Gasteiger partial charge >= 0.3 is 0 Å². The summed E-state index contributed by atoms with van der Waals surface area (Å²) in [6.45, 7) is 3.38. The van der Waals surface area contributed by atoms with Crippen molar-refractivity contribution >= 4 is 0 Å². The van der Waals surface area contributed by atoms with E-state index in [1.807, 2.05) is 32.3 Å². The normalized spacial score (nSPS) is 10.8. The summed E-state index contributed by atoms with van der Waals surface area (Å²) in [5.41, 5.74) is 2.04. The molecule has 1 aromatic carbocycles. The summed E-state index contributed by atoms with van der Waals surface area (Å²) in [7, 11) is 6.95. The second-order valence-corrected chi connectivity index (χ2v) is 5.20. The van der Waals surface area contributed by atoms with Gasteiger partial charge in [0.25, 0.3) is 0 Å². The van der Waals surface area contributed by atoms with Crippen LogP contribution in [0.1, 0.15) is 17.1 Å². The molecule has 0 bridgehead atoms. The molecular weight excluding hydrogens is 282 g/mol. The van der Waals surface area contributed by atoms with E-state index < -0.39 is 0 Å². The molecule has 2 aromatic rings. The van der Waals surface area contributed by atoms with Crippen LogP contribution >= 0.6 is 0 Å². The van der Waals surface area contributed by atoms with Gasteiger partial charge in [0.05, 0.1) is 33.4 Å². The predicted octanol–water partition coefficient (Wildman–Crippen LogP) is 2.38. The maximum Gasteiger partial charge on any atom is 0.130 e. The van der Waals surface area contributed by atoms with Gasteiger partial charge in [-0.1, -0.05) is 0 Å². The number of methoxy groups -OCH3 is 3. The number of hydrogen-bond donors (Lipinski definition) is 1. The number of aromatic amines is 1. The largest absolute Gasteiger partial charge is 0.496 e. The Hall–Kier alpha value is -2.21. The van der Waals surface area contributed by atoms with Gasteiger partial charge in [-0.05, 0) is 14.0 Å².